The van der Waals surface area contributed by atoms with E-state index in [2.05, 4.69) is 19.2 Å². The minimum atomic E-state index is -4.72. The van der Waals surface area contributed by atoms with Gasteiger partial charge in [0.15, 0.2) is 0 Å². The maximum Gasteiger partial charge on any atom is 0.417 e. The average molecular weight is 536 g/mol. The Morgan fingerprint density at radius 2 is 1.59 bits per heavy atom. The van der Waals surface area contributed by atoms with Crippen LogP contribution in [0, 0.1) is 11.6 Å². The van der Waals surface area contributed by atoms with Crippen molar-refractivity contribution in [2.75, 3.05) is 6.54 Å². The Bertz CT molecular complexity index is 1360. The van der Waals surface area contributed by atoms with Crippen LogP contribution in [-0.4, -0.2) is 17.6 Å². The first-order valence-corrected chi connectivity index (χ1v) is 12.5. The van der Waals surface area contributed by atoms with Gasteiger partial charge in [0, 0.05) is 28.7 Å². The number of halogens is 5. The number of hydrogen-bond acceptors (Lipinski definition) is 3. The largest absolute Gasteiger partial charge is 0.481 e. The van der Waals surface area contributed by atoms with Gasteiger partial charge in [-0.25, -0.2) is 8.78 Å². The third kappa shape index (κ3) is 7.60. The second-order valence-corrected chi connectivity index (χ2v) is 9.51. The predicted octanol–water partition coefficient (Wildman–Crippen LogP) is 8.51. The molecule has 0 spiro atoms. The van der Waals surface area contributed by atoms with Crippen LogP contribution in [0.15, 0.2) is 60.7 Å². The molecule has 0 saturated heterocycles. The Hall–Kier alpha value is -3.30. The number of rotatable bonds is 7. The summed E-state index contributed by atoms with van der Waals surface area (Å²) in [5.41, 5.74) is -0.203. The number of thiophene rings is 1. The molecule has 37 heavy (non-hydrogen) atoms. The molecule has 196 valence electrons. The lowest BCUT2D eigenvalue weighted by Crippen LogP contribution is -2.17. The molecule has 0 saturated carbocycles. The molecular formula is C28H26F5NO2S. The van der Waals surface area contributed by atoms with Gasteiger partial charge in [-0.2, -0.15) is 13.2 Å². The molecule has 0 bridgehead atoms. The number of carboxylic acid groups (broad SMARTS) is 1. The molecular weight excluding hydrogens is 509 g/mol. The second kappa shape index (κ2) is 12.3. The van der Waals surface area contributed by atoms with E-state index >= 15 is 0 Å². The molecule has 4 rings (SSSR count). The van der Waals surface area contributed by atoms with Crippen molar-refractivity contribution in [2.24, 2.45) is 0 Å². The maximum absolute atomic E-state index is 13.9. The molecule has 0 fully saturated rings. The van der Waals surface area contributed by atoms with Crippen molar-refractivity contribution in [1.82, 2.24) is 5.32 Å². The van der Waals surface area contributed by atoms with E-state index in [1.54, 1.807) is 6.07 Å². The van der Waals surface area contributed by atoms with E-state index < -0.39 is 29.3 Å². The maximum atomic E-state index is 13.9. The van der Waals surface area contributed by atoms with E-state index in [0.29, 0.717) is 29.6 Å². The highest BCUT2D eigenvalue weighted by molar-refractivity contribution is 7.22. The summed E-state index contributed by atoms with van der Waals surface area (Å²) in [5, 5.41) is 12.6. The van der Waals surface area contributed by atoms with E-state index in [4.69, 9.17) is 5.11 Å². The van der Waals surface area contributed by atoms with Gasteiger partial charge in [-0.15, -0.1) is 11.3 Å². The van der Waals surface area contributed by atoms with Crippen LogP contribution in [0.2, 0.25) is 0 Å². The monoisotopic (exact) mass is 535 g/mol. The zero-order chi connectivity index (χ0) is 27.2. The number of benzene rings is 3. The van der Waals surface area contributed by atoms with Gasteiger partial charge < -0.3 is 10.4 Å². The Kier molecular flexibility index (Phi) is 9.39. The summed E-state index contributed by atoms with van der Waals surface area (Å²) in [6, 6.07) is 13.5. The molecule has 3 nitrogen and oxygen atoms in total. The van der Waals surface area contributed by atoms with Crippen LogP contribution in [0.3, 0.4) is 0 Å². The van der Waals surface area contributed by atoms with E-state index in [0.717, 1.165) is 33.8 Å². The van der Waals surface area contributed by atoms with Crippen molar-refractivity contribution in [3.63, 3.8) is 0 Å². The number of alkyl halides is 3. The van der Waals surface area contributed by atoms with Crippen molar-refractivity contribution in [3.8, 4) is 21.6 Å². The lowest BCUT2D eigenvalue weighted by Gasteiger charge is -2.15. The molecule has 4 aromatic rings. The standard InChI is InChI=1S/C25H18F5NO2S.C3H8/c26-18-8-16(9-19(27)12-18)20-3-2-15(10-21(20)25(28,29)30)23-11-17-7-14(1-4-22(17)34-23)13-31-6-5-24(32)33;1-3-2/h1-4,7-12,31H,5-6,13H2,(H,32,33);3H2,1-2H3. The fourth-order valence-corrected chi connectivity index (χ4v) is 4.71. The molecule has 0 atom stereocenters. The van der Waals surface area contributed by atoms with Gasteiger partial charge >= 0.3 is 12.1 Å². The number of aliphatic carboxylic acids is 1. The summed E-state index contributed by atoms with van der Waals surface area (Å²) in [6.45, 7) is 5.04. The minimum Gasteiger partial charge on any atom is -0.481 e. The van der Waals surface area contributed by atoms with Crippen molar-refractivity contribution >= 4 is 27.4 Å². The molecule has 1 heterocycles. The molecule has 0 amide bonds. The van der Waals surface area contributed by atoms with Crippen LogP contribution >= 0.6 is 11.3 Å². The molecule has 0 radical (unpaired) electrons. The summed E-state index contributed by atoms with van der Waals surface area (Å²) in [5.74, 6) is -2.80. The van der Waals surface area contributed by atoms with Crippen molar-refractivity contribution in [2.45, 2.75) is 39.4 Å². The van der Waals surface area contributed by atoms with Crippen molar-refractivity contribution in [3.05, 3.63) is 83.4 Å². The Balaban J connectivity index is 0.00000121. The molecule has 0 aliphatic carbocycles. The second-order valence-electron chi connectivity index (χ2n) is 8.43. The predicted molar refractivity (Wildman–Crippen MR) is 138 cm³/mol. The summed E-state index contributed by atoms with van der Waals surface area (Å²) in [7, 11) is 0. The fourth-order valence-electron chi connectivity index (χ4n) is 3.67. The van der Waals surface area contributed by atoms with E-state index in [9.17, 15) is 26.7 Å². The van der Waals surface area contributed by atoms with Gasteiger partial charge in [0.25, 0.3) is 0 Å². The van der Waals surface area contributed by atoms with Gasteiger partial charge in [-0.1, -0.05) is 38.5 Å². The highest BCUT2D eigenvalue weighted by Crippen LogP contribution is 2.42. The summed E-state index contributed by atoms with van der Waals surface area (Å²) in [4.78, 5) is 11.2. The van der Waals surface area contributed by atoms with Crippen LogP contribution in [0.5, 0.6) is 0 Å². The smallest absolute Gasteiger partial charge is 0.417 e. The Labute approximate surface area is 215 Å². The quantitative estimate of drug-likeness (QED) is 0.184. The average Bonchev–Trinajstić information content (AvgIpc) is 3.24. The van der Waals surface area contributed by atoms with Crippen LogP contribution < -0.4 is 5.32 Å². The molecule has 2 N–H and O–H groups in total. The first-order valence-electron chi connectivity index (χ1n) is 11.6. The van der Waals surface area contributed by atoms with Gasteiger partial charge in [0.2, 0.25) is 0 Å². The van der Waals surface area contributed by atoms with Gasteiger partial charge in [-0.3, -0.25) is 4.79 Å². The first kappa shape index (κ1) is 28.3. The zero-order valence-electron chi connectivity index (χ0n) is 20.3. The van der Waals surface area contributed by atoms with Crippen molar-refractivity contribution < 1.29 is 31.9 Å². The topological polar surface area (TPSA) is 49.3 Å². The van der Waals surface area contributed by atoms with E-state index in [-0.39, 0.29) is 17.5 Å². The molecule has 3 aromatic carbocycles. The SMILES string of the molecule is CCC.O=C(O)CCNCc1ccc2sc(-c3ccc(-c4cc(F)cc(F)c4)c(C(F)(F)F)c3)cc2c1. The number of nitrogens with one attached hydrogen (secondary N) is 1. The van der Waals surface area contributed by atoms with Crippen LogP contribution in [-0.2, 0) is 17.5 Å². The van der Waals surface area contributed by atoms with Crippen LogP contribution in [0.25, 0.3) is 31.7 Å². The lowest BCUT2D eigenvalue weighted by molar-refractivity contribution is -0.137. The van der Waals surface area contributed by atoms with Gasteiger partial charge in [0.1, 0.15) is 11.6 Å². The number of fused-ring (bicyclic) bond motifs is 1. The fraction of sp³-hybridized carbons (Fsp3) is 0.250. The lowest BCUT2D eigenvalue weighted by atomic mass is 9.96. The van der Waals surface area contributed by atoms with E-state index in [1.165, 1.54) is 29.9 Å². The molecule has 1 aromatic heterocycles. The van der Waals surface area contributed by atoms with Crippen LogP contribution in [0.1, 0.15) is 37.8 Å². The molecule has 0 aliphatic rings. The van der Waals surface area contributed by atoms with Crippen LogP contribution in [0.4, 0.5) is 22.0 Å². The highest BCUT2D eigenvalue weighted by atomic mass is 32.1. The Morgan fingerprint density at radius 3 is 2.22 bits per heavy atom. The molecule has 0 unspecified atom stereocenters. The number of hydrogen-bond donors (Lipinski definition) is 2. The Morgan fingerprint density at radius 1 is 0.919 bits per heavy atom. The summed E-state index contributed by atoms with van der Waals surface area (Å²) < 4.78 is 69.7. The molecule has 0 aliphatic heterocycles. The number of carbonyl (C=O) groups is 1. The van der Waals surface area contributed by atoms with Gasteiger partial charge in [0.05, 0.1) is 12.0 Å². The zero-order valence-corrected chi connectivity index (χ0v) is 21.1. The van der Waals surface area contributed by atoms with Crippen molar-refractivity contribution in [1.29, 1.82) is 0 Å². The molecule has 9 heteroatoms. The minimum absolute atomic E-state index is 0.00460. The van der Waals surface area contributed by atoms with E-state index in [1.807, 2.05) is 18.2 Å². The summed E-state index contributed by atoms with van der Waals surface area (Å²) in [6.07, 6.45) is -3.47. The third-order valence-corrected chi connectivity index (χ3v) is 6.37. The van der Waals surface area contributed by atoms with Gasteiger partial charge in [-0.05, 0) is 64.0 Å². The summed E-state index contributed by atoms with van der Waals surface area (Å²) >= 11 is 1.33. The number of carboxylic acids is 1. The third-order valence-electron chi connectivity index (χ3n) is 5.21. The normalized spacial score (nSPS) is 11.3. The first-order chi connectivity index (χ1) is 17.5. The highest BCUT2D eigenvalue weighted by Gasteiger charge is 2.34.